The summed E-state index contributed by atoms with van der Waals surface area (Å²) in [5.41, 5.74) is 5.31. The molecule has 2 rings (SSSR count). The van der Waals surface area contributed by atoms with E-state index in [9.17, 15) is 0 Å². The minimum absolute atomic E-state index is 0.0560. The molecule has 162 valence electrons. The van der Waals surface area contributed by atoms with Crippen LogP contribution >= 0.6 is 0 Å². The van der Waals surface area contributed by atoms with Gasteiger partial charge in [-0.15, -0.1) is 0 Å². The molecule has 3 N–H and O–H groups in total. The fourth-order valence-corrected chi connectivity index (χ4v) is 2.92. The van der Waals surface area contributed by atoms with E-state index >= 15 is 0 Å². The molecule has 2 saturated heterocycles. The molecule has 27 heavy (non-hydrogen) atoms. The predicted octanol–water partition coefficient (Wildman–Crippen LogP) is -0.0710. The summed E-state index contributed by atoms with van der Waals surface area (Å²) in [4.78, 5) is 0. The Morgan fingerprint density at radius 2 is 1.44 bits per heavy atom. The second-order valence-corrected chi connectivity index (χ2v) is 6.54. The van der Waals surface area contributed by atoms with Gasteiger partial charge in [0.1, 0.15) is 12.2 Å². The molecule has 0 amide bonds. The number of fused-ring (bicyclic) bond motifs is 1. The van der Waals surface area contributed by atoms with Crippen LogP contribution in [0.5, 0.6) is 0 Å². The lowest BCUT2D eigenvalue weighted by Gasteiger charge is -2.31. The summed E-state index contributed by atoms with van der Waals surface area (Å²) in [6, 6.07) is 0. The van der Waals surface area contributed by atoms with E-state index in [2.05, 4.69) is 0 Å². The number of hydrogen-bond acceptors (Lipinski definition) is 9. The van der Waals surface area contributed by atoms with E-state index in [0.29, 0.717) is 66.0 Å². The molecular formula is C18H37NO8. The van der Waals surface area contributed by atoms with E-state index in [1.807, 2.05) is 13.8 Å². The first-order chi connectivity index (χ1) is 13.1. The predicted molar refractivity (Wildman–Crippen MR) is 98.7 cm³/mol. The summed E-state index contributed by atoms with van der Waals surface area (Å²) in [7, 11) is 1.00. The standard InChI is InChI=1S/C17H33NO7.CH4O/c1-17(2)24-14-3-5-23-15(16(14)25-17)13-22-12-11-21-10-9-20-8-7-19-6-4-18;1-2/h14-16H,3-13,18H2,1-2H3;2H,1H3/t14?,15?,16-;/m1./s1. The Balaban J connectivity index is 0.00000176. The first kappa shape index (κ1) is 24.7. The van der Waals surface area contributed by atoms with Crippen molar-refractivity contribution < 1.29 is 38.3 Å². The summed E-state index contributed by atoms with van der Waals surface area (Å²) in [5, 5.41) is 7.00. The first-order valence-corrected chi connectivity index (χ1v) is 9.55. The van der Waals surface area contributed by atoms with Crippen molar-refractivity contribution in [2.24, 2.45) is 5.73 Å². The number of ether oxygens (including phenoxy) is 7. The highest BCUT2D eigenvalue weighted by Gasteiger charge is 2.47. The van der Waals surface area contributed by atoms with Crippen molar-refractivity contribution in [3.63, 3.8) is 0 Å². The van der Waals surface area contributed by atoms with Crippen LogP contribution in [-0.4, -0.2) is 102 Å². The Hall–Kier alpha value is -0.360. The Kier molecular flexibility index (Phi) is 13.4. The van der Waals surface area contributed by atoms with Crippen LogP contribution in [0.15, 0.2) is 0 Å². The summed E-state index contributed by atoms with van der Waals surface area (Å²) in [6.45, 7) is 9.37. The lowest BCUT2D eigenvalue weighted by atomic mass is 10.0. The van der Waals surface area contributed by atoms with Gasteiger partial charge in [-0.2, -0.15) is 0 Å². The Labute approximate surface area is 162 Å². The van der Waals surface area contributed by atoms with Crippen molar-refractivity contribution in [3.8, 4) is 0 Å². The molecule has 0 aromatic rings. The lowest BCUT2D eigenvalue weighted by Crippen LogP contribution is -2.45. The largest absolute Gasteiger partial charge is 0.400 e. The maximum absolute atomic E-state index is 7.00. The Bertz CT molecular complexity index is 358. The molecule has 2 aliphatic rings. The fourth-order valence-electron chi connectivity index (χ4n) is 2.92. The summed E-state index contributed by atoms with van der Waals surface area (Å²) in [5.74, 6) is -0.542. The molecular weight excluding hydrogens is 358 g/mol. The smallest absolute Gasteiger partial charge is 0.163 e. The third-order valence-corrected chi connectivity index (χ3v) is 3.98. The van der Waals surface area contributed by atoms with Gasteiger partial charge in [0.05, 0.1) is 59.0 Å². The van der Waals surface area contributed by atoms with E-state index in [0.717, 1.165) is 13.5 Å². The topological polar surface area (TPSA) is 111 Å². The van der Waals surface area contributed by atoms with Crippen LogP contribution in [0.25, 0.3) is 0 Å². The van der Waals surface area contributed by atoms with Crippen LogP contribution in [-0.2, 0) is 33.2 Å². The number of aliphatic hydroxyl groups is 1. The molecule has 0 bridgehead atoms. The summed E-state index contributed by atoms with van der Waals surface area (Å²) >= 11 is 0. The van der Waals surface area contributed by atoms with Crippen LogP contribution < -0.4 is 5.73 Å². The average molecular weight is 395 g/mol. The molecule has 9 heteroatoms. The highest BCUT2D eigenvalue weighted by Crippen LogP contribution is 2.35. The minimum atomic E-state index is -0.542. The van der Waals surface area contributed by atoms with Gasteiger partial charge >= 0.3 is 0 Å². The van der Waals surface area contributed by atoms with E-state index in [1.165, 1.54) is 0 Å². The van der Waals surface area contributed by atoms with E-state index < -0.39 is 5.79 Å². The van der Waals surface area contributed by atoms with E-state index in [4.69, 9.17) is 44.0 Å². The van der Waals surface area contributed by atoms with E-state index in [-0.39, 0.29) is 18.3 Å². The van der Waals surface area contributed by atoms with Gasteiger partial charge in [0, 0.05) is 20.3 Å². The quantitative estimate of drug-likeness (QED) is 0.414. The monoisotopic (exact) mass is 395 g/mol. The van der Waals surface area contributed by atoms with Crippen molar-refractivity contribution in [2.75, 3.05) is 73.1 Å². The van der Waals surface area contributed by atoms with E-state index in [1.54, 1.807) is 0 Å². The van der Waals surface area contributed by atoms with Gasteiger partial charge in [-0.1, -0.05) is 0 Å². The van der Waals surface area contributed by atoms with Crippen molar-refractivity contribution in [1.29, 1.82) is 0 Å². The molecule has 0 spiro atoms. The molecule has 3 atom stereocenters. The Morgan fingerprint density at radius 3 is 2.04 bits per heavy atom. The van der Waals surface area contributed by atoms with Gasteiger partial charge in [0.2, 0.25) is 0 Å². The maximum Gasteiger partial charge on any atom is 0.163 e. The lowest BCUT2D eigenvalue weighted by molar-refractivity contribution is -0.160. The average Bonchev–Trinajstić information content (AvgIpc) is 2.99. The van der Waals surface area contributed by atoms with Crippen molar-refractivity contribution >= 4 is 0 Å². The highest BCUT2D eigenvalue weighted by atomic mass is 16.8. The molecule has 2 fully saturated rings. The molecule has 0 aliphatic carbocycles. The van der Waals surface area contributed by atoms with Crippen LogP contribution in [0.4, 0.5) is 0 Å². The van der Waals surface area contributed by atoms with Gasteiger partial charge in [0.15, 0.2) is 5.79 Å². The molecule has 0 aromatic carbocycles. The normalized spacial score (nSPS) is 26.3. The van der Waals surface area contributed by atoms with Crippen LogP contribution in [0.2, 0.25) is 0 Å². The fraction of sp³-hybridized carbons (Fsp3) is 1.00. The van der Waals surface area contributed by atoms with Gasteiger partial charge in [0.25, 0.3) is 0 Å². The molecule has 2 unspecified atom stereocenters. The van der Waals surface area contributed by atoms with Crippen LogP contribution in [0.3, 0.4) is 0 Å². The summed E-state index contributed by atoms with van der Waals surface area (Å²) < 4.78 is 39.3. The molecule has 2 heterocycles. The van der Waals surface area contributed by atoms with Gasteiger partial charge in [-0.05, 0) is 20.3 Å². The zero-order valence-corrected chi connectivity index (χ0v) is 16.9. The number of aliphatic hydroxyl groups excluding tert-OH is 1. The summed E-state index contributed by atoms with van der Waals surface area (Å²) in [6.07, 6.45) is 0.821. The minimum Gasteiger partial charge on any atom is -0.400 e. The third-order valence-electron chi connectivity index (χ3n) is 3.98. The maximum atomic E-state index is 7.00. The number of hydrogen-bond donors (Lipinski definition) is 2. The highest BCUT2D eigenvalue weighted by molar-refractivity contribution is 4.90. The molecule has 0 aromatic heterocycles. The first-order valence-electron chi connectivity index (χ1n) is 9.55. The zero-order chi connectivity index (χ0) is 20.0. The molecule has 2 aliphatic heterocycles. The zero-order valence-electron chi connectivity index (χ0n) is 16.9. The van der Waals surface area contributed by atoms with Gasteiger partial charge < -0.3 is 44.0 Å². The van der Waals surface area contributed by atoms with Crippen LogP contribution in [0, 0.1) is 0 Å². The van der Waals surface area contributed by atoms with Crippen molar-refractivity contribution in [1.82, 2.24) is 0 Å². The third kappa shape index (κ3) is 10.1. The van der Waals surface area contributed by atoms with Crippen molar-refractivity contribution in [2.45, 2.75) is 44.4 Å². The second-order valence-electron chi connectivity index (χ2n) is 6.54. The van der Waals surface area contributed by atoms with Crippen molar-refractivity contribution in [3.05, 3.63) is 0 Å². The SMILES string of the molecule is CC1(C)OC2CCOC(COCCOCCOCCOCCN)[C@@H]2O1.CO. The Morgan fingerprint density at radius 1 is 0.889 bits per heavy atom. The molecule has 0 saturated carbocycles. The number of nitrogens with two attached hydrogens (primary N) is 1. The molecule has 9 nitrogen and oxygen atoms in total. The number of rotatable bonds is 13. The molecule has 0 radical (unpaired) electrons. The van der Waals surface area contributed by atoms with Crippen LogP contribution in [0.1, 0.15) is 20.3 Å². The second kappa shape index (κ2) is 14.6. The van der Waals surface area contributed by atoms with Gasteiger partial charge in [-0.3, -0.25) is 0 Å². The van der Waals surface area contributed by atoms with Gasteiger partial charge in [-0.25, -0.2) is 0 Å².